The summed E-state index contributed by atoms with van der Waals surface area (Å²) < 4.78 is 5.30. The van der Waals surface area contributed by atoms with Crippen LogP contribution in [0.5, 0.6) is 0 Å². The number of aryl methyl sites for hydroxylation is 1. The number of esters is 1. The number of allylic oxidation sites excluding steroid dienone is 2. The second-order valence-corrected chi connectivity index (χ2v) is 7.79. The molecular formula is C19H23NO5S. The predicted octanol–water partition coefficient (Wildman–Crippen LogP) is 3.41. The molecule has 6 nitrogen and oxygen atoms in total. The summed E-state index contributed by atoms with van der Waals surface area (Å²) >= 11 is 1.41. The summed E-state index contributed by atoms with van der Waals surface area (Å²) in [4.78, 5) is 37.8. The molecule has 0 bridgehead atoms. The van der Waals surface area contributed by atoms with Crippen molar-refractivity contribution in [2.45, 2.75) is 45.4 Å². The average Bonchev–Trinajstić information content (AvgIpc) is 3.20. The molecule has 0 radical (unpaired) electrons. The largest absolute Gasteiger partial charge is 0.481 e. The molecule has 0 aliphatic heterocycles. The van der Waals surface area contributed by atoms with Crippen molar-refractivity contribution in [1.29, 1.82) is 0 Å². The van der Waals surface area contributed by atoms with Gasteiger partial charge in [-0.25, -0.2) is 4.79 Å². The van der Waals surface area contributed by atoms with Crippen LogP contribution >= 0.6 is 11.3 Å². The molecule has 26 heavy (non-hydrogen) atoms. The van der Waals surface area contributed by atoms with Gasteiger partial charge in [0.1, 0.15) is 5.00 Å². The number of nitrogens with one attached hydrogen (secondary N) is 1. The molecule has 1 amide bonds. The van der Waals surface area contributed by atoms with Gasteiger partial charge in [-0.15, -0.1) is 11.3 Å². The van der Waals surface area contributed by atoms with Crippen LogP contribution in [0.1, 0.15) is 53.4 Å². The van der Waals surface area contributed by atoms with Crippen LogP contribution in [0.4, 0.5) is 5.00 Å². The minimum absolute atomic E-state index is 0.339. The number of hydrogen-bond acceptors (Lipinski definition) is 5. The molecular weight excluding hydrogens is 354 g/mol. The number of thiophene rings is 1. The highest BCUT2D eigenvalue weighted by Crippen LogP contribution is 2.40. The third-order valence-corrected chi connectivity index (χ3v) is 6.09. The van der Waals surface area contributed by atoms with Crippen molar-refractivity contribution >= 4 is 34.2 Å². The van der Waals surface area contributed by atoms with Crippen LogP contribution in [-0.2, 0) is 27.2 Å². The Labute approximate surface area is 156 Å². The third-order valence-electron chi connectivity index (χ3n) is 4.89. The Morgan fingerprint density at radius 1 is 1.23 bits per heavy atom. The second kappa shape index (κ2) is 8.03. The second-order valence-electron chi connectivity index (χ2n) is 6.68. The number of ether oxygens (including phenoxy) is 1. The minimum Gasteiger partial charge on any atom is -0.481 e. The summed E-state index contributed by atoms with van der Waals surface area (Å²) in [6.45, 7) is 2.27. The maximum absolute atomic E-state index is 12.7. The topological polar surface area (TPSA) is 92.7 Å². The first-order chi connectivity index (χ1) is 12.5. The molecule has 2 atom stereocenters. The summed E-state index contributed by atoms with van der Waals surface area (Å²) in [6.07, 6.45) is 7.82. The normalized spacial score (nSPS) is 21.3. The van der Waals surface area contributed by atoms with Crippen LogP contribution in [0.15, 0.2) is 12.2 Å². The lowest BCUT2D eigenvalue weighted by atomic mass is 9.82. The molecule has 1 heterocycles. The van der Waals surface area contributed by atoms with Crippen LogP contribution in [0, 0.1) is 11.8 Å². The van der Waals surface area contributed by atoms with Crippen LogP contribution in [0.2, 0.25) is 0 Å². The fourth-order valence-corrected chi connectivity index (χ4v) is 4.84. The van der Waals surface area contributed by atoms with Crippen molar-refractivity contribution in [3.05, 3.63) is 28.2 Å². The fraction of sp³-hybridized carbons (Fsp3) is 0.526. The van der Waals surface area contributed by atoms with E-state index in [-0.39, 0.29) is 5.91 Å². The van der Waals surface area contributed by atoms with Crippen LogP contribution in [0.3, 0.4) is 0 Å². The van der Waals surface area contributed by atoms with E-state index in [1.54, 1.807) is 6.08 Å². The van der Waals surface area contributed by atoms with Crippen molar-refractivity contribution in [2.75, 3.05) is 11.9 Å². The van der Waals surface area contributed by atoms with Crippen molar-refractivity contribution in [3.63, 3.8) is 0 Å². The smallest absolute Gasteiger partial charge is 0.341 e. The van der Waals surface area contributed by atoms with Crippen LogP contribution < -0.4 is 5.32 Å². The number of carbonyl (C=O) groups excluding carboxylic acids is 2. The SMILES string of the molecule is CCCOC(=O)c1c(NC(=O)[C@@H]2CC=CC[C@H]2C(=O)O)sc2c1CCC2. The highest BCUT2D eigenvalue weighted by atomic mass is 32.1. The van der Waals surface area contributed by atoms with E-state index in [1.165, 1.54) is 11.3 Å². The quantitative estimate of drug-likeness (QED) is 0.585. The van der Waals surface area contributed by atoms with Gasteiger partial charge in [0.2, 0.25) is 5.91 Å². The number of carboxylic acids is 1. The number of carbonyl (C=O) groups is 3. The van der Waals surface area contributed by atoms with E-state index in [2.05, 4.69) is 5.32 Å². The van der Waals surface area contributed by atoms with E-state index < -0.39 is 23.8 Å². The number of amides is 1. The molecule has 0 spiro atoms. The lowest BCUT2D eigenvalue weighted by Gasteiger charge is -2.24. The molecule has 140 valence electrons. The van der Waals surface area contributed by atoms with Gasteiger partial charge in [0.25, 0.3) is 0 Å². The number of fused-ring (bicyclic) bond motifs is 1. The lowest BCUT2D eigenvalue weighted by Crippen LogP contribution is -2.34. The fourth-order valence-electron chi connectivity index (χ4n) is 3.56. The van der Waals surface area contributed by atoms with Crippen molar-refractivity contribution in [2.24, 2.45) is 11.8 Å². The van der Waals surface area contributed by atoms with Gasteiger partial charge in [0.15, 0.2) is 0 Å². The predicted molar refractivity (Wildman–Crippen MR) is 98.5 cm³/mol. The Balaban J connectivity index is 1.83. The molecule has 1 aromatic rings. The number of carboxylic acid groups (broad SMARTS) is 1. The molecule has 0 unspecified atom stereocenters. The van der Waals surface area contributed by atoms with E-state index in [0.717, 1.165) is 36.1 Å². The first kappa shape index (κ1) is 18.6. The maximum atomic E-state index is 12.7. The molecule has 0 fully saturated rings. The Kier molecular flexibility index (Phi) is 5.76. The first-order valence-corrected chi connectivity index (χ1v) is 9.84. The summed E-state index contributed by atoms with van der Waals surface area (Å²) in [6, 6.07) is 0. The summed E-state index contributed by atoms with van der Waals surface area (Å²) in [5.41, 5.74) is 1.44. The highest BCUT2D eigenvalue weighted by Gasteiger charge is 2.35. The molecule has 0 aromatic carbocycles. The summed E-state index contributed by atoms with van der Waals surface area (Å²) in [5, 5.41) is 12.7. The van der Waals surface area contributed by atoms with Crippen molar-refractivity contribution in [3.8, 4) is 0 Å². The molecule has 7 heteroatoms. The Bertz CT molecular complexity index is 751. The van der Waals surface area contributed by atoms with Gasteiger partial charge in [-0.3, -0.25) is 9.59 Å². The van der Waals surface area contributed by atoms with E-state index >= 15 is 0 Å². The van der Waals surface area contributed by atoms with Gasteiger partial charge in [0.05, 0.1) is 24.0 Å². The number of anilines is 1. The van der Waals surface area contributed by atoms with Crippen LogP contribution in [-0.4, -0.2) is 29.6 Å². The van der Waals surface area contributed by atoms with Crippen molar-refractivity contribution < 1.29 is 24.2 Å². The molecule has 0 saturated carbocycles. The van der Waals surface area contributed by atoms with Gasteiger partial charge in [-0.2, -0.15) is 0 Å². The first-order valence-electron chi connectivity index (χ1n) is 9.03. The minimum atomic E-state index is -0.967. The zero-order valence-electron chi connectivity index (χ0n) is 14.7. The van der Waals surface area contributed by atoms with E-state index in [4.69, 9.17) is 4.74 Å². The van der Waals surface area contributed by atoms with E-state index in [0.29, 0.717) is 30.0 Å². The monoisotopic (exact) mass is 377 g/mol. The third kappa shape index (κ3) is 3.67. The number of aliphatic carboxylic acids is 1. The standard InChI is InChI=1S/C19H23NO5S/c1-2-10-25-19(24)15-13-8-5-9-14(13)26-17(15)20-16(21)11-6-3-4-7-12(11)18(22)23/h3-4,11-12H,2,5-10H2,1H3,(H,20,21)(H,22,23)/t11-,12-/m1/s1. The van der Waals surface area contributed by atoms with Gasteiger partial charge < -0.3 is 15.2 Å². The zero-order valence-corrected chi connectivity index (χ0v) is 15.6. The molecule has 1 aromatic heterocycles. The summed E-state index contributed by atoms with van der Waals surface area (Å²) in [5.74, 6) is -3.08. The van der Waals surface area contributed by atoms with Gasteiger partial charge in [-0.05, 0) is 44.1 Å². The van der Waals surface area contributed by atoms with E-state index in [1.807, 2.05) is 13.0 Å². The highest BCUT2D eigenvalue weighted by molar-refractivity contribution is 7.17. The van der Waals surface area contributed by atoms with Crippen molar-refractivity contribution in [1.82, 2.24) is 0 Å². The molecule has 2 aliphatic carbocycles. The average molecular weight is 377 g/mol. The lowest BCUT2D eigenvalue weighted by molar-refractivity contribution is -0.146. The Morgan fingerprint density at radius 3 is 2.65 bits per heavy atom. The number of rotatable bonds is 6. The molecule has 3 rings (SSSR count). The Hall–Kier alpha value is -2.15. The van der Waals surface area contributed by atoms with Crippen LogP contribution in [0.25, 0.3) is 0 Å². The van der Waals surface area contributed by atoms with E-state index in [9.17, 15) is 19.5 Å². The van der Waals surface area contributed by atoms with Gasteiger partial charge in [0, 0.05) is 4.88 Å². The molecule has 0 saturated heterocycles. The molecule has 2 N–H and O–H groups in total. The van der Waals surface area contributed by atoms with Gasteiger partial charge >= 0.3 is 11.9 Å². The number of hydrogen-bond donors (Lipinski definition) is 2. The van der Waals surface area contributed by atoms with Gasteiger partial charge in [-0.1, -0.05) is 19.1 Å². The molecule has 2 aliphatic rings. The zero-order chi connectivity index (χ0) is 18.7. The maximum Gasteiger partial charge on any atom is 0.341 e. The summed E-state index contributed by atoms with van der Waals surface area (Å²) in [7, 11) is 0. The Morgan fingerprint density at radius 2 is 1.96 bits per heavy atom.